The van der Waals surface area contributed by atoms with E-state index in [2.05, 4.69) is 29.3 Å². The molecule has 1 atom stereocenters. The second kappa shape index (κ2) is 7.61. The Morgan fingerprint density at radius 1 is 1.50 bits per heavy atom. The number of nitrogens with one attached hydrogen (secondary N) is 1. The topological polar surface area (TPSA) is 61.8 Å². The first kappa shape index (κ1) is 16.8. The molecule has 2 rings (SSSR count). The van der Waals surface area contributed by atoms with Gasteiger partial charge in [0.1, 0.15) is 5.75 Å². The van der Waals surface area contributed by atoms with Crippen LogP contribution in [0.3, 0.4) is 0 Å². The van der Waals surface area contributed by atoms with Gasteiger partial charge in [0.15, 0.2) is 0 Å². The predicted octanol–water partition coefficient (Wildman–Crippen LogP) is 1.77. The van der Waals surface area contributed by atoms with Crippen LogP contribution in [0.5, 0.6) is 5.75 Å². The van der Waals surface area contributed by atoms with Crippen LogP contribution in [-0.4, -0.2) is 54.8 Å². The number of hydrogen-bond donors (Lipinski definition) is 2. The van der Waals surface area contributed by atoms with Gasteiger partial charge in [-0.25, -0.2) is 0 Å². The number of hydrogen-bond acceptors (Lipinski definition) is 4. The van der Waals surface area contributed by atoms with Crippen LogP contribution in [0.2, 0.25) is 0 Å². The van der Waals surface area contributed by atoms with Crippen LogP contribution in [0.1, 0.15) is 25.3 Å². The van der Waals surface area contributed by atoms with Crippen LogP contribution in [0.25, 0.3) is 0 Å². The normalized spacial score (nSPS) is 21.9. The second-order valence-electron chi connectivity index (χ2n) is 6.29. The molecular formula is C17H26N2O3. The van der Waals surface area contributed by atoms with E-state index in [9.17, 15) is 4.79 Å². The summed E-state index contributed by atoms with van der Waals surface area (Å²) in [5.74, 6) is 0.113. The Kier molecular flexibility index (Phi) is 5.80. The van der Waals surface area contributed by atoms with Gasteiger partial charge in [-0.3, -0.25) is 4.79 Å². The quantitative estimate of drug-likeness (QED) is 0.766. The smallest absolute Gasteiger partial charge is 0.317 e. The summed E-state index contributed by atoms with van der Waals surface area (Å²) in [6.45, 7) is 5.13. The fraction of sp³-hybridized carbons (Fsp3) is 0.588. The molecule has 122 valence electrons. The van der Waals surface area contributed by atoms with E-state index in [1.807, 2.05) is 12.1 Å². The van der Waals surface area contributed by atoms with Crippen LogP contribution in [0.4, 0.5) is 0 Å². The summed E-state index contributed by atoms with van der Waals surface area (Å²) in [5, 5.41) is 11.9. The third kappa shape index (κ3) is 5.00. The van der Waals surface area contributed by atoms with E-state index in [1.165, 1.54) is 5.56 Å². The number of ether oxygens (including phenoxy) is 1. The third-order valence-corrected chi connectivity index (χ3v) is 4.29. The molecule has 1 saturated heterocycles. The van der Waals surface area contributed by atoms with Gasteiger partial charge in [-0.2, -0.15) is 0 Å². The Morgan fingerprint density at radius 2 is 2.32 bits per heavy atom. The fourth-order valence-electron chi connectivity index (χ4n) is 3.02. The highest BCUT2D eigenvalue weighted by Gasteiger charge is 2.33. The van der Waals surface area contributed by atoms with Gasteiger partial charge in [-0.15, -0.1) is 0 Å². The fourth-order valence-corrected chi connectivity index (χ4v) is 3.02. The van der Waals surface area contributed by atoms with Gasteiger partial charge in [0.05, 0.1) is 13.7 Å². The summed E-state index contributed by atoms with van der Waals surface area (Å²) >= 11 is 0. The molecule has 0 saturated carbocycles. The lowest BCUT2D eigenvalue weighted by molar-refractivity contribution is -0.136. The number of methoxy groups -OCH3 is 1. The molecule has 1 aliphatic rings. The second-order valence-corrected chi connectivity index (χ2v) is 6.29. The highest BCUT2D eigenvalue weighted by molar-refractivity contribution is 5.69. The molecule has 0 spiro atoms. The number of aliphatic carboxylic acids is 1. The van der Waals surface area contributed by atoms with E-state index >= 15 is 0 Å². The molecule has 5 nitrogen and oxygen atoms in total. The molecule has 1 fully saturated rings. The molecule has 1 aliphatic heterocycles. The van der Waals surface area contributed by atoms with E-state index in [4.69, 9.17) is 9.84 Å². The molecule has 0 unspecified atom stereocenters. The third-order valence-electron chi connectivity index (χ3n) is 4.29. The van der Waals surface area contributed by atoms with Gasteiger partial charge in [-0.05, 0) is 50.4 Å². The lowest BCUT2D eigenvalue weighted by atomic mass is 10.0. The van der Waals surface area contributed by atoms with Crippen molar-refractivity contribution >= 4 is 5.97 Å². The van der Waals surface area contributed by atoms with Gasteiger partial charge in [0, 0.05) is 18.6 Å². The van der Waals surface area contributed by atoms with Crippen molar-refractivity contribution in [3.05, 3.63) is 29.8 Å². The highest BCUT2D eigenvalue weighted by Crippen LogP contribution is 2.21. The lowest BCUT2D eigenvalue weighted by Gasteiger charge is -2.25. The van der Waals surface area contributed by atoms with Gasteiger partial charge in [-0.1, -0.05) is 12.1 Å². The van der Waals surface area contributed by atoms with E-state index in [1.54, 1.807) is 7.11 Å². The number of nitrogens with zero attached hydrogens (tertiary/aromatic N) is 1. The van der Waals surface area contributed by atoms with Gasteiger partial charge in [0.2, 0.25) is 0 Å². The first-order valence-corrected chi connectivity index (χ1v) is 7.83. The number of rotatable bonds is 8. The van der Waals surface area contributed by atoms with Crippen LogP contribution in [-0.2, 0) is 11.2 Å². The number of aryl methyl sites for hydroxylation is 1. The van der Waals surface area contributed by atoms with Crippen molar-refractivity contribution in [1.82, 2.24) is 10.2 Å². The minimum Gasteiger partial charge on any atom is -0.497 e. The summed E-state index contributed by atoms with van der Waals surface area (Å²) in [6.07, 6.45) is 3.13. The van der Waals surface area contributed by atoms with Crippen molar-refractivity contribution in [3.63, 3.8) is 0 Å². The molecule has 0 amide bonds. The summed E-state index contributed by atoms with van der Waals surface area (Å²) in [7, 11) is 1.69. The van der Waals surface area contributed by atoms with Crippen molar-refractivity contribution < 1.29 is 14.6 Å². The molecule has 0 aliphatic carbocycles. The molecule has 0 radical (unpaired) electrons. The van der Waals surface area contributed by atoms with Crippen molar-refractivity contribution in [3.8, 4) is 5.75 Å². The van der Waals surface area contributed by atoms with E-state index < -0.39 is 5.97 Å². The van der Waals surface area contributed by atoms with Crippen LogP contribution >= 0.6 is 0 Å². The highest BCUT2D eigenvalue weighted by atomic mass is 16.5. The molecule has 5 heteroatoms. The summed E-state index contributed by atoms with van der Waals surface area (Å²) in [5.41, 5.74) is 1.22. The largest absolute Gasteiger partial charge is 0.497 e. The van der Waals surface area contributed by atoms with Crippen LogP contribution < -0.4 is 10.1 Å². The molecule has 0 aromatic heterocycles. The first-order chi connectivity index (χ1) is 10.5. The number of carboxylic acids is 1. The first-order valence-electron chi connectivity index (χ1n) is 7.83. The van der Waals surface area contributed by atoms with E-state index in [-0.39, 0.29) is 12.1 Å². The number of carboxylic acid groups (broad SMARTS) is 1. The SMILES string of the molecule is COc1cccc(CCCN2CC[C@](C)(NCC(=O)O)C2)c1. The van der Waals surface area contributed by atoms with Gasteiger partial charge in [0.25, 0.3) is 0 Å². The zero-order valence-corrected chi connectivity index (χ0v) is 13.5. The Balaban J connectivity index is 1.73. The Hall–Kier alpha value is -1.59. The Labute approximate surface area is 132 Å². The van der Waals surface area contributed by atoms with Crippen LogP contribution in [0.15, 0.2) is 24.3 Å². The van der Waals surface area contributed by atoms with Crippen molar-refractivity contribution in [1.29, 1.82) is 0 Å². The molecule has 1 heterocycles. The summed E-state index contributed by atoms with van der Waals surface area (Å²) in [4.78, 5) is 13.1. The van der Waals surface area contributed by atoms with Crippen molar-refractivity contribution in [2.75, 3.05) is 33.3 Å². The average molecular weight is 306 g/mol. The Bertz CT molecular complexity index is 506. The number of benzene rings is 1. The minimum absolute atomic E-state index is 0.0359. The number of likely N-dealkylation sites (tertiary alicyclic amines) is 1. The zero-order valence-electron chi connectivity index (χ0n) is 13.5. The van der Waals surface area contributed by atoms with E-state index in [0.717, 1.165) is 44.6 Å². The molecule has 2 N–H and O–H groups in total. The average Bonchev–Trinajstić information content (AvgIpc) is 2.88. The summed E-state index contributed by atoms with van der Waals surface area (Å²) < 4.78 is 5.24. The maximum Gasteiger partial charge on any atom is 0.317 e. The van der Waals surface area contributed by atoms with Crippen LogP contribution in [0, 0.1) is 0 Å². The molecule has 1 aromatic rings. The minimum atomic E-state index is -0.794. The summed E-state index contributed by atoms with van der Waals surface area (Å²) in [6, 6.07) is 8.20. The Morgan fingerprint density at radius 3 is 3.05 bits per heavy atom. The zero-order chi connectivity index (χ0) is 16.0. The van der Waals surface area contributed by atoms with Crippen molar-refractivity contribution in [2.24, 2.45) is 0 Å². The monoisotopic (exact) mass is 306 g/mol. The van der Waals surface area contributed by atoms with Gasteiger partial charge < -0.3 is 20.1 Å². The van der Waals surface area contributed by atoms with E-state index in [0.29, 0.717) is 0 Å². The number of carbonyl (C=O) groups is 1. The van der Waals surface area contributed by atoms with Crippen molar-refractivity contribution in [2.45, 2.75) is 31.7 Å². The maximum absolute atomic E-state index is 10.7. The standard InChI is InChI=1S/C17H26N2O3/c1-17(18-12-16(20)21)8-10-19(13-17)9-4-6-14-5-3-7-15(11-14)22-2/h3,5,7,11,18H,4,6,8-10,12-13H2,1-2H3,(H,20,21)/t17-/m0/s1. The maximum atomic E-state index is 10.7. The predicted molar refractivity (Wildman–Crippen MR) is 86.4 cm³/mol. The molecule has 22 heavy (non-hydrogen) atoms. The lowest BCUT2D eigenvalue weighted by Crippen LogP contribution is -2.47. The molecular weight excluding hydrogens is 280 g/mol. The van der Waals surface area contributed by atoms with Gasteiger partial charge >= 0.3 is 5.97 Å². The molecule has 0 bridgehead atoms. The molecule has 1 aromatic carbocycles.